The van der Waals surface area contributed by atoms with Crippen molar-refractivity contribution < 1.29 is 9.47 Å². The molecule has 0 unspecified atom stereocenters. The second-order valence-corrected chi connectivity index (χ2v) is 5.52. The van der Waals surface area contributed by atoms with Crippen molar-refractivity contribution >= 4 is 0 Å². The lowest BCUT2D eigenvalue weighted by Crippen LogP contribution is -2.45. The summed E-state index contributed by atoms with van der Waals surface area (Å²) in [4.78, 5) is 0. The molecule has 1 aromatic rings. The monoisotopic (exact) mass is 273 g/mol. The van der Waals surface area contributed by atoms with Crippen LogP contribution >= 0.6 is 0 Å². The van der Waals surface area contributed by atoms with Crippen molar-refractivity contribution in [1.82, 2.24) is 0 Å². The molecule has 0 spiro atoms. The van der Waals surface area contributed by atoms with Gasteiger partial charge < -0.3 is 9.47 Å². The number of hydrogen-bond donors (Lipinski definition) is 0. The van der Waals surface area contributed by atoms with Gasteiger partial charge in [0.05, 0.1) is 31.5 Å². The second-order valence-electron chi connectivity index (χ2n) is 5.52. The number of ether oxygens (including phenoxy) is 2. The summed E-state index contributed by atoms with van der Waals surface area (Å²) in [5.41, 5.74) is 1.18. The van der Waals surface area contributed by atoms with E-state index in [2.05, 4.69) is 32.0 Å². The van der Waals surface area contributed by atoms with Crippen molar-refractivity contribution in [3.8, 4) is 6.07 Å². The Morgan fingerprint density at radius 1 is 1.35 bits per heavy atom. The maximum atomic E-state index is 8.97. The molecule has 0 radical (unpaired) electrons. The van der Waals surface area contributed by atoms with Crippen LogP contribution in [0.5, 0.6) is 0 Å². The molecular weight excluding hydrogens is 250 g/mol. The Bertz CT molecular complexity index is 440. The molecule has 1 fully saturated rings. The van der Waals surface area contributed by atoms with Gasteiger partial charge in [0, 0.05) is 18.3 Å². The second kappa shape index (κ2) is 7.42. The first-order valence-corrected chi connectivity index (χ1v) is 7.40. The number of benzene rings is 1. The molecule has 2 rings (SSSR count). The van der Waals surface area contributed by atoms with E-state index >= 15 is 0 Å². The third-order valence-corrected chi connectivity index (χ3v) is 4.13. The summed E-state index contributed by atoms with van der Waals surface area (Å²) in [6.07, 6.45) is 1.84. The first-order valence-electron chi connectivity index (χ1n) is 7.40. The first-order chi connectivity index (χ1) is 9.76. The Morgan fingerprint density at radius 2 is 2.10 bits per heavy atom. The van der Waals surface area contributed by atoms with Crippen LogP contribution in [-0.2, 0) is 16.1 Å². The molecule has 3 heteroatoms. The summed E-state index contributed by atoms with van der Waals surface area (Å²) in [5, 5.41) is 8.97. The fraction of sp³-hybridized carbons (Fsp3) is 0.588. The van der Waals surface area contributed by atoms with Gasteiger partial charge in [0.25, 0.3) is 0 Å². The van der Waals surface area contributed by atoms with E-state index in [0.717, 1.165) is 6.42 Å². The summed E-state index contributed by atoms with van der Waals surface area (Å²) in [6.45, 7) is 5.55. The Morgan fingerprint density at radius 3 is 2.75 bits per heavy atom. The maximum absolute atomic E-state index is 8.97. The van der Waals surface area contributed by atoms with Gasteiger partial charge in [-0.1, -0.05) is 44.2 Å². The maximum Gasteiger partial charge on any atom is 0.0720 e. The van der Waals surface area contributed by atoms with Crippen LogP contribution in [0, 0.1) is 23.2 Å². The minimum atomic E-state index is 0.105. The van der Waals surface area contributed by atoms with E-state index < -0.39 is 0 Å². The first kappa shape index (κ1) is 15.0. The highest BCUT2D eigenvalue weighted by atomic mass is 16.5. The minimum Gasteiger partial charge on any atom is -0.377 e. The van der Waals surface area contributed by atoms with E-state index in [4.69, 9.17) is 14.7 Å². The normalized spacial score (nSPS) is 29.9. The van der Waals surface area contributed by atoms with Crippen LogP contribution in [0.4, 0.5) is 0 Å². The zero-order chi connectivity index (χ0) is 14.4. The fourth-order valence-corrected chi connectivity index (χ4v) is 2.97. The van der Waals surface area contributed by atoms with E-state index in [1.807, 2.05) is 18.2 Å². The molecule has 0 N–H and O–H groups in total. The highest BCUT2D eigenvalue weighted by Crippen LogP contribution is 2.32. The molecule has 108 valence electrons. The molecule has 0 bridgehead atoms. The van der Waals surface area contributed by atoms with Gasteiger partial charge in [0.2, 0.25) is 0 Å². The average Bonchev–Trinajstić information content (AvgIpc) is 2.48. The van der Waals surface area contributed by atoms with Crippen LogP contribution < -0.4 is 0 Å². The molecule has 1 saturated heterocycles. The van der Waals surface area contributed by atoms with Crippen molar-refractivity contribution in [2.24, 2.45) is 11.8 Å². The standard InChI is InChI=1S/C17H23NO2/c1-3-16-13(2)17(15(9-10-18)12-19-16)20-11-14-7-5-4-6-8-14/h4-8,13,15-17H,3,9,11-12H2,1-2H3/t13-,15+,16+,17-/m0/s1. The Kier molecular flexibility index (Phi) is 5.58. The van der Waals surface area contributed by atoms with Crippen molar-refractivity contribution in [3.63, 3.8) is 0 Å². The lowest BCUT2D eigenvalue weighted by molar-refractivity contribution is -0.150. The molecule has 0 saturated carbocycles. The van der Waals surface area contributed by atoms with Gasteiger partial charge in [-0.15, -0.1) is 0 Å². The summed E-state index contributed by atoms with van der Waals surface area (Å²) >= 11 is 0. The lowest BCUT2D eigenvalue weighted by atomic mass is 9.83. The summed E-state index contributed by atoms with van der Waals surface area (Å²) < 4.78 is 12.0. The van der Waals surface area contributed by atoms with E-state index in [9.17, 15) is 0 Å². The van der Waals surface area contributed by atoms with E-state index in [1.165, 1.54) is 5.56 Å². The summed E-state index contributed by atoms with van der Waals surface area (Å²) in [7, 11) is 0. The third-order valence-electron chi connectivity index (χ3n) is 4.13. The number of hydrogen-bond acceptors (Lipinski definition) is 3. The van der Waals surface area contributed by atoms with E-state index in [0.29, 0.717) is 25.6 Å². The quantitative estimate of drug-likeness (QED) is 0.824. The zero-order valence-corrected chi connectivity index (χ0v) is 12.3. The van der Waals surface area contributed by atoms with Crippen LogP contribution in [0.3, 0.4) is 0 Å². The topological polar surface area (TPSA) is 42.2 Å². The SMILES string of the molecule is CC[C@H]1OC[C@@H](CC#N)[C@@H](OCc2ccccc2)[C@H]1C. The smallest absolute Gasteiger partial charge is 0.0720 e. The molecule has 4 atom stereocenters. The number of nitrogens with zero attached hydrogens (tertiary/aromatic N) is 1. The predicted octanol–water partition coefficient (Wildman–Crippen LogP) is 3.55. The summed E-state index contributed by atoms with van der Waals surface area (Å²) in [5.74, 6) is 0.511. The van der Waals surface area contributed by atoms with Crippen LogP contribution in [0.15, 0.2) is 30.3 Å². The van der Waals surface area contributed by atoms with Gasteiger partial charge >= 0.3 is 0 Å². The fourth-order valence-electron chi connectivity index (χ4n) is 2.97. The molecule has 20 heavy (non-hydrogen) atoms. The molecule has 0 aromatic heterocycles. The number of nitriles is 1. The Labute approximate surface area is 121 Å². The van der Waals surface area contributed by atoms with Crippen molar-refractivity contribution in [3.05, 3.63) is 35.9 Å². The molecule has 0 amide bonds. The van der Waals surface area contributed by atoms with Crippen LogP contribution in [-0.4, -0.2) is 18.8 Å². The van der Waals surface area contributed by atoms with Gasteiger partial charge in [-0.25, -0.2) is 0 Å². The minimum absolute atomic E-state index is 0.105. The van der Waals surface area contributed by atoms with Crippen LogP contribution in [0.25, 0.3) is 0 Å². The Balaban J connectivity index is 2.01. The van der Waals surface area contributed by atoms with Crippen LogP contribution in [0.1, 0.15) is 32.3 Å². The third kappa shape index (κ3) is 3.59. The molecule has 1 aromatic carbocycles. The predicted molar refractivity (Wildman–Crippen MR) is 77.9 cm³/mol. The Hall–Kier alpha value is -1.37. The molecule has 1 aliphatic rings. The molecular formula is C17H23NO2. The lowest BCUT2D eigenvalue weighted by Gasteiger charge is -2.40. The molecule has 1 heterocycles. The molecule has 1 aliphatic heterocycles. The molecule has 3 nitrogen and oxygen atoms in total. The van der Waals surface area contributed by atoms with Gasteiger partial charge in [0.15, 0.2) is 0 Å². The number of rotatable bonds is 5. The largest absolute Gasteiger partial charge is 0.377 e. The van der Waals surface area contributed by atoms with E-state index in [-0.39, 0.29) is 18.1 Å². The van der Waals surface area contributed by atoms with Crippen molar-refractivity contribution in [2.75, 3.05) is 6.61 Å². The average molecular weight is 273 g/mol. The van der Waals surface area contributed by atoms with Crippen LogP contribution in [0.2, 0.25) is 0 Å². The van der Waals surface area contributed by atoms with Gasteiger partial charge in [0.1, 0.15) is 0 Å². The van der Waals surface area contributed by atoms with Gasteiger partial charge in [-0.2, -0.15) is 5.26 Å². The summed E-state index contributed by atoms with van der Waals surface area (Å²) in [6, 6.07) is 12.4. The highest BCUT2D eigenvalue weighted by molar-refractivity contribution is 5.13. The van der Waals surface area contributed by atoms with Gasteiger partial charge in [-0.3, -0.25) is 0 Å². The zero-order valence-electron chi connectivity index (χ0n) is 12.3. The van der Waals surface area contributed by atoms with Gasteiger partial charge in [-0.05, 0) is 12.0 Å². The van der Waals surface area contributed by atoms with E-state index in [1.54, 1.807) is 0 Å². The highest BCUT2D eigenvalue weighted by Gasteiger charge is 2.37. The molecule has 0 aliphatic carbocycles. The van der Waals surface area contributed by atoms with Crippen molar-refractivity contribution in [2.45, 2.75) is 45.5 Å². The van der Waals surface area contributed by atoms with Crippen molar-refractivity contribution in [1.29, 1.82) is 5.26 Å².